The minimum Gasteiger partial charge on any atom is -0.311 e. The zero-order chi connectivity index (χ0) is 30.5. The quantitative estimate of drug-likeness (QED) is 0.160. The van der Waals surface area contributed by atoms with Gasteiger partial charge in [-0.1, -0.05) is 109 Å². The third kappa shape index (κ3) is 6.08. The van der Waals surface area contributed by atoms with Gasteiger partial charge in [0.25, 0.3) is 0 Å². The first kappa shape index (κ1) is 29.2. The van der Waals surface area contributed by atoms with E-state index in [1.165, 1.54) is 54.3 Å². The molecule has 0 fully saturated rings. The number of allylic oxidation sites excluding steroid dienone is 4. The molecule has 2 heteroatoms. The molecule has 44 heavy (non-hydrogen) atoms. The van der Waals surface area contributed by atoms with Gasteiger partial charge in [-0.05, 0) is 115 Å². The lowest BCUT2D eigenvalue weighted by atomic mass is 10.0. The molecule has 0 radical (unpaired) electrons. The van der Waals surface area contributed by atoms with Gasteiger partial charge in [-0.3, -0.25) is 0 Å². The van der Waals surface area contributed by atoms with Gasteiger partial charge in [0, 0.05) is 26.8 Å². The second-order valence-electron chi connectivity index (χ2n) is 11.0. The van der Waals surface area contributed by atoms with Crippen molar-refractivity contribution in [1.82, 2.24) is 0 Å². The van der Waals surface area contributed by atoms with Gasteiger partial charge in [0.15, 0.2) is 0 Å². The molecule has 0 aliphatic carbocycles. The fraction of sp³-hybridized carbons (Fsp3) is 0.0952. The van der Waals surface area contributed by atoms with Crippen LogP contribution in [0.5, 0.6) is 0 Å². The van der Waals surface area contributed by atoms with Gasteiger partial charge >= 0.3 is 0 Å². The molecule has 1 aromatic heterocycles. The summed E-state index contributed by atoms with van der Waals surface area (Å²) in [6.45, 7) is 8.56. The zero-order valence-electron chi connectivity index (χ0n) is 25.8. The van der Waals surface area contributed by atoms with E-state index < -0.39 is 0 Å². The number of hydrogen-bond acceptors (Lipinski definition) is 2. The molecule has 0 unspecified atom stereocenters. The molecular weight excluding hydrogens is 551 g/mol. The Morgan fingerprint density at radius 1 is 0.568 bits per heavy atom. The van der Waals surface area contributed by atoms with Crippen molar-refractivity contribution in [3.8, 4) is 32.0 Å². The molecular formula is C42H37NS. The Morgan fingerprint density at radius 2 is 1.11 bits per heavy atom. The summed E-state index contributed by atoms with van der Waals surface area (Å²) in [5.74, 6) is 0. The summed E-state index contributed by atoms with van der Waals surface area (Å²) in [7, 11) is 0. The monoisotopic (exact) mass is 587 g/mol. The van der Waals surface area contributed by atoms with Crippen molar-refractivity contribution in [2.24, 2.45) is 0 Å². The van der Waals surface area contributed by atoms with Crippen LogP contribution in [0.1, 0.15) is 30.5 Å². The van der Waals surface area contributed by atoms with Crippen molar-refractivity contribution in [2.75, 3.05) is 4.90 Å². The molecule has 5 aromatic carbocycles. The van der Waals surface area contributed by atoms with Crippen LogP contribution in [0.25, 0.3) is 37.6 Å². The van der Waals surface area contributed by atoms with E-state index in [0.717, 1.165) is 17.1 Å². The lowest BCUT2D eigenvalue weighted by Crippen LogP contribution is -2.09. The molecule has 6 aromatic rings. The van der Waals surface area contributed by atoms with Gasteiger partial charge in [-0.15, -0.1) is 11.3 Å². The Bertz CT molecular complexity index is 1910. The second-order valence-corrected chi connectivity index (χ2v) is 12.1. The largest absolute Gasteiger partial charge is 0.311 e. The Morgan fingerprint density at radius 3 is 1.70 bits per heavy atom. The van der Waals surface area contributed by atoms with Gasteiger partial charge in [0.1, 0.15) is 0 Å². The highest BCUT2D eigenvalue weighted by atomic mass is 32.1. The van der Waals surface area contributed by atoms with E-state index in [4.69, 9.17) is 0 Å². The molecule has 0 saturated carbocycles. The Labute approximate surface area is 266 Å². The van der Waals surface area contributed by atoms with Crippen molar-refractivity contribution in [3.05, 3.63) is 168 Å². The molecule has 0 aliphatic rings. The van der Waals surface area contributed by atoms with E-state index in [1.54, 1.807) is 0 Å². The first-order valence-electron chi connectivity index (χ1n) is 15.2. The average Bonchev–Trinajstić information content (AvgIpc) is 3.46. The summed E-state index contributed by atoms with van der Waals surface area (Å²) >= 11 is 1.87. The lowest BCUT2D eigenvalue weighted by Gasteiger charge is -2.26. The summed E-state index contributed by atoms with van der Waals surface area (Å²) in [5, 5.41) is 0. The predicted molar refractivity (Wildman–Crippen MR) is 193 cm³/mol. The van der Waals surface area contributed by atoms with Crippen LogP contribution < -0.4 is 4.90 Å². The van der Waals surface area contributed by atoms with Crippen LogP contribution in [0.2, 0.25) is 0 Å². The molecule has 0 bridgehead atoms. The van der Waals surface area contributed by atoms with Gasteiger partial charge in [-0.25, -0.2) is 0 Å². The Balaban J connectivity index is 1.37. The van der Waals surface area contributed by atoms with Crippen LogP contribution in [-0.4, -0.2) is 0 Å². The first-order chi connectivity index (χ1) is 21.6. The lowest BCUT2D eigenvalue weighted by molar-refractivity contribution is 1.28. The van der Waals surface area contributed by atoms with Crippen LogP contribution in [0.15, 0.2) is 152 Å². The van der Waals surface area contributed by atoms with Gasteiger partial charge in [0.2, 0.25) is 0 Å². The number of aryl methyl sites for hydroxylation is 2. The number of thiophene rings is 1. The van der Waals surface area contributed by atoms with E-state index >= 15 is 0 Å². The topological polar surface area (TPSA) is 3.24 Å². The van der Waals surface area contributed by atoms with Crippen LogP contribution in [-0.2, 0) is 0 Å². The molecule has 0 saturated heterocycles. The van der Waals surface area contributed by atoms with E-state index in [1.807, 2.05) is 11.3 Å². The summed E-state index contributed by atoms with van der Waals surface area (Å²) < 4.78 is 0. The molecule has 6 rings (SSSR count). The van der Waals surface area contributed by atoms with Crippen molar-refractivity contribution in [1.29, 1.82) is 0 Å². The van der Waals surface area contributed by atoms with Crippen molar-refractivity contribution in [3.63, 3.8) is 0 Å². The smallest absolute Gasteiger partial charge is 0.0462 e. The van der Waals surface area contributed by atoms with Gasteiger partial charge in [0.05, 0.1) is 0 Å². The Hall–Kier alpha value is -4.92. The van der Waals surface area contributed by atoms with Crippen molar-refractivity contribution < 1.29 is 0 Å². The predicted octanol–water partition coefficient (Wildman–Crippen LogP) is 12.8. The SMILES string of the molecule is C/C=C\C(=C/C)c1ccc(N(c2ccc(-c3ccccc3)cc2)c2ccc(-c3cc(C)c(-c4ccccc4C)s3)cc2)cc1. The number of rotatable bonds is 8. The molecule has 216 valence electrons. The first-order valence-corrected chi connectivity index (χ1v) is 16.0. The highest BCUT2D eigenvalue weighted by Gasteiger charge is 2.15. The van der Waals surface area contributed by atoms with Crippen LogP contribution in [0.4, 0.5) is 17.1 Å². The number of anilines is 3. The molecule has 0 atom stereocenters. The summed E-state index contributed by atoms with van der Waals surface area (Å²) in [6.07, 6.45) is 6.40. The third-order valence-corrected chi connectivity index (χ3v) is 9.39. The second kappa shape index (κ2) is 13.2. The molecule has 1 heterocycles. The van der Waals surface area contributed by atoms with E-state index in [0.29, 0.717) is 0 Å². The minimum absolute atomic E-state index is 1.12. The standard InChI is InChI=1S/C42H37NS/c1-5-12-32(6-2)34-17-23-37(24-18-34)43(38-25-19-35(20-26-38)33-14-8-7-9-15-33)39-27-21-36(22-28-39)41-29-31(4)42(44-41)40-16-11-10-13-30(40)3/h5-29H,1-4H3/b12-5-,32-6+. The maximum atomic E-state index is 2.34. The van der Waals surface area contributed by atoms with Crippen LogP contribution in [0, 0.1) is 13.8 Å². The van der Waals surface area contributed by atoms with E-state index in [9.17, 15) is 0 Å². The minimum atomic E-state index is 1.12. The average molecular weight is 588 g/mol. The zero-order valence-corrected chi connectivity index (χ0v) is 26.6. The fourth-order valence-electron chi connectivity index (χ4n) is 5.72. The maximum Gasteiger partial charge on any atom is 0.0462 e. The molecule has 1 nitrogen and oxygen atoms in total. The summed E-state index contributed by atoms with van der Waals surface area (Å²) in [6, 6.07) is 48.3. The molecule has 0 spiro atoms. The summed E-state index contributed by atoms with van der Waals surface area (Å²) in [4.78, 5) is 4.98. The highest BCUT2D eigenvalue weighted by Crippen LogP contribution is 2.41. The van der Waals surface area contributed by atoms with Crippen LogP contribution >= 0.6 is 11.3 Å². The normalized spacial score (nSPS) is 11.7. The highest BCUT2D eigenvalue weighted by molar-refractivity contribution is 7.19. The maximum absolute atomic E-state index is 2.34. The van der Waals surface area contributed by atoms with Gasteiger partial charge < -0.3 is 4.90 Å². The van der Waals surface area contributed by atoms with Gasteiger partial charge in [-0.2, -0.15) is 0 Å². The third-order valence-electron chi connectivity index (χ3n) is 8.07. The number of hydrogen-bond donors (Lipinski definition) is 0. The van der Waals surface area contributed by atoms with Crippen molar-refractivity contribution in [2.45, 2.75) is 27.7 Å². The Kier molecular flexibility index (Phi) is 8.72. The molecule has 0 aliphatic heterocycles. The molecule has 0 amide bonds. The number of nitrogens with zero attached hydrogens (tertiary/aromatic N) is 1. The summed E-state index contributed by atoms with van der Waals surface area (Å²) in [5.41, 5.74) is 13.4. The van der Waals surface area contributed by atoms with E-state index in [-0.39, 0.29) is 0 Å². The number of benzene rings is 5. The van der Waals surface area contributed by atoms with Crippen molar-refractivity contribution >= 4 is 34.0 Å². The van der Waals surface area contributed by atoms with E-state index in [2.05, 4.69) is 184 Å². The van der Waals surface area contributed by atoms with Crippen LogP contribution in [0.3, 0.4) is 0 Å². The fourth-order valence-corrected chi connectivity index (χ4v) is 6.99. The molecule has 0 N–H and O–H groups in total.